The lowest BCUT2D eigenvalue weighted by atomic mass is 10.1. The standard InChI is InChI=1S/C22H40N6O2/c1-5-29-13-11-25-7-9-27(16-19(25)3)21-15-22(24-18-23-21)28-10-8-26(20(4)17-28)12-14-30-6-2/h15,18-20H,5-14,16-17H2,1-4H3/t19-,20-/m0/s1. The molecule has 170 valence electrons. The monoisotopic (exact) mass is 420 g/mol. The van der Waals surface area contributed by atoms with Gasteiger partial charge in [-0.05, 0) is 27.7 Å². The minimum Gasteiger partial charge on any atom is -0.380 e. The molecular formula is C22H40N6O2. The summed E-state index contributed by atoms with van der Waals surface area (Å²) in [5.74, 6) is 2.09. The van der Waals surface area contributed by atoms with Crippen LogP contribution < -0.4 is 9.80 Å². The Morgan fingerprint density at radius 3 is 1.67 bits per heavy atom. The van der Waals surface area contributed by atoms with Crippen LogP contribution in [0.1, 0.15) is 27.7 Å². The molecule has 0 unspecified atom stereocenters. The van der Waals surface area contributed by atoms with E-state index >= 15 is 0 Å². The first kappa shape index (κ1) is 23.2. The maximum Gasteiger partial charge on any atom is 0.134 e. The molecule has 8 heteroatoms. The summed E-state index contributed by atoms with van der Waals surface area (Å²) in [6.07, 6.45) is 1.73. The van der Waals surface area contributed by atoms with Crippen molar-refractivity contribution in [2.24, 2.45) is 0 Å². The normalized spacial score (nSPS) is 23.9. The number of nitrogens with zero attached hydrogens (tertiary/aromatic N) is 6. The Hall–Kier alpha value is -1.48. The van der Waals surface area contributed by atoms with E-state index in [1.165, 1.54) is 0 Å². The molecule has 3 heterocycles. The van der Waals surface area contributed by atoms with E-state index in [2.05, 4.69) is 63.3 Å². The molecule has 0 aromatic carbocycles. The van der Waals surface area contributed by atoms with Gasteiger partial charge in [0.2, 0.25) is 0 Å². The predicted octanol–water partition coefficient (Wildman–Crippen LogP) is 1.57. The van der Waals surface area contributed by atoms with Gasteiger partial charge >= 0.3 is 0 Å². The van der Waals surface area contributed by atoms with Crippen LogP contribution in [0.2, 0.25) is 0 Å². The molecular weight excluding hydrogens is 380 g/mol. The molecule has 1 aromatic rings. The first-order chi connectivity index (χ1) is 14.6. The molecule has 0 saturated carbocycles. The van der Waals surface area contributed by atoms with Crippen LogP contribution in [0.25, 0.3) is 0 Å². The number of anilines is 2. The van der Waals surface area contributed by atoms with E-state index in [1.54, 1.807) is 6.33 Å². The predicted molar refractivity (Wildman–Crippen MR) is 122 cm³/mol. The van der Waals surface area contributed by atoms with Crippen LogP contribution in [0.4, 0.5) is 11.6 Å². The maximum absolute atomic E-state index is 5.53. The summed E-state index contributed by atoms with van der Waals surface area (Å²) < 4.78 is 11.1. The lowest BCUT2D eigenvalue weighted by Gasteiger charge is -2.41. The summed E-state index contributed by atoms with van der Waals surface area (Å²) in [7, 11) is 0. The topological polar surface area (TPSA) is 57.2 Å². The van der Waals surface area contributed by atoms with Gasteiger partial charge in [-0.1, -0.05) is 0 Å². The van der Waals surface area contributed by atoms with Crippen LogP contribution in [0, 0.1) is 0 Å². The first-order valence-electron chi connectivity index (χ1n) is 11.6. The van der Waals surface area contributed by atoms with Gasteiger partial charge in [-0.25, -0.2) is 9.97 Å². The molecule has 0 amide bonds. The van der Waals surface area contributed by atoms with Gasteiger partial charge in [-0.2, -0.15) is 0 Å². The maximum atomic E-state index is 5.53. The van der Waals surface area contributed by atoms with Crippen molar-refractivity contribution in [1.29, 1.82) is 0 Å². The van der Waals surface area contributed by atoms with Crippen LogP contribution in [0.5, 0.6) is 0 Å². The molecule has 8 nitrogen and oxygen atoms in total. The van der Waals surface area contributed by atoms with Crippen LogP contribution in [-0.4, -0.2) is 111 Å². The summed E-state index contributed by atoms with van der Waals surface area (Å²) in [5.41, 5.74) is 0. The fourth-order valence-corrected chi connectivity index (χ4v) is 4.41. The van der Waals surface area contributed by atoms with Gasteiger partial charge in [0.15, 0.2) is 0 Å². The fraction of sp³-hybridized carbons (Fsp3) is 0.818. The van der Waals surface area contributed by atoms with Crippen molar-refractivity contribution in [2.75, 3.05) is 88.6 Å². The zero-order valence-electron chi connectivity index (χ0n) is 19.3. The third kappa shape index (κ3) is 6.26. The molecule has 2 saturated heterocycles. The van der Waals surface area contributed by atoms with Crippen molar-refractivity contribution >= 4 is 11.6 Å². The van der Waals surface area contributed by atoms with E-state index in [0.29, 0.717) is 12.1 Å². The average Bonchev–Trinajstić information content (AvgIpc) is 2.76. The molecule has 2 fully saturated rings. The van der Waals surface area contributed by atoms with E-state index in [0.717, 1.165) is 90.4 Å². The summed E-state index contributed by atoms with van der Waals surface area (Å²) in [5, 5.41) is 0. The fourth-order valence-electron chi connectivity index (χ4n) is 4.41. The highest BCUT2D eigenvalue weighted by Gasteiger charge is 2.27. The average molecular weight is 421 g/mol. The Bertz CT molecular complexity index is 584. The second-order valence-corrected chi connectivity index (χ2v) is 8.29. The first-order valence-corrected chi connectivity index (χ1v) is 11.6. The Labute approximate surface area is 182 Å². The number of rotatable bonds is 10. The Kier molecular flexibility index (Phi) is 9.11. The van der Waals surface area contributed by atoms with Crippen molar-refractivity contribution in [1.82, 2.24) is 19.8 Å². The van der Waals surface area contributed by atoms with Gasteiger partial charge in [0, 0.05) is 83.7 Å². The molecule has 2 aliphatic heterocycles. The number of ether oxygens (including phenoxy) is 2. The van der Waals surface area contributed by atoms with E-state index in [1.807, 2.05) is 0 Å². The van der Waals surface area contributed by atoms with Crippen LogP contribution in [0.15, 0.2) is 12.4 Å². The minimum absolute atomic E-state index is 0.492. The molecule has 0 N–H and O–H groups in total. The Morgan fingerprint density at radius 2 is 1.27 bits per heavy atom. The largest absolute Gasteiger partial charge is 0.380 e. The highest BCUT2D eigenvalue weighted by molar-refractivity contribution is 5.51. The van der Waals surface area contributed by atoms with Crippen molar-refractivity contribution in [3.63, 3.8) is 0 Å². The van der Waals surface area contributed by atoms with Crippen molar-refractivity contribution < 1.29 is 9.47 Å². The van der Waals surface area contributed by atoms with E-state index in [-0.39, 0.29) is 0 Å². The van der Waals surface area contributed by atoms with Gasteiger partial charge in [-0.15, -0.1) is 0 Å². The second-order valence-electron chi connectivity index (χ2n) is 8.29. The van der Waals surface area contributed by atoms with Gasteiger partial charge in [-0.3, -0.25) is 9.80 Å². The van der Waals surface area contributed by atoms with E-state index in [4.69, 9.17) is 9.47 Å². The second kappa shape index (κ2) is 11.8. The zero-order chi connectivity index (χ0) is 21.3. The lowest BCUT2D eigenvalue weighted by molar-refractivity contribution is 0.0923. The molecule has 1 aromatic heterocycles. The lowest BCUT2D eigenvalue weighted by Crippen LogP contribution is -2.53. The third-order valence-corrected chi connectivity index (χ3v) is 6.27. The van der Waals surface area contributed by atoms with Gasteiger partial charge in [0.1, 0.15) is 18.0 Å². The Balaban J connectivity index is 1.54. The van der Waals surface area contributed by atoms with Crippen molar-refractivity contribution in [2.45, 2.75) is 39.8 Å². The molecule has 0 aliphatic carbocycles. The Morgan fingerprint density at radius 1 is 0.800 bits per heavy atom. The molecule has 30 heavy (non-hydrogen) atoms. The van der Waals surface area contributed by atoms with Crippen molar-refractivity contribution in [3.05, 3.63) is 12.4 Å². The molecule has 0 spiro atoms. The summed E-state index contributed by atoms with van der Waals surface area (Å²) >= 11 is 0. The molecule has 3 rings (SSSR count). The minimum atomic E-state index is 0.492. The van der Waals surface area contributed by atoms with Gasteiger partial charge in [0.25, 0.3) is 0 Å². The van der Waals surface area contributed by atoms with Crippen LogP contribution in [0.3, 0.4) is 0 Å². The quantitative estimate of drug-likeness (QED) is 0.529. The molecule has 0 bridgehead atoms. The highest BCUT2D eigenvalue weighted by Crippen LogP contribution is 2.23. The van der Waals surface area contributed by atoms with Gasteiger partial charge < -0.3 is 19.3 Å². The SMILES string of the molecule is CCOCCN1CCN(c2cc(N3CCN(CCOCC)[C@@H](C)C3)ncn2)C[C@@H]1C. The van der Waals surface area contributed by atoms with E-state index in [9.17, 15) is 0 Å². The van der Waals surface area contributed by atoms with E-state index < -0.39 is 0 Å². The highest BCUT2D eigenvalue weighted by atomic mass is 16.5. The summed E-state index contributed by atoms with van der Waals surface area (Å²) in [4.78, 5) is 19.0. The van der Waals surface area contributed by atoms with Crippen LogP contribution in [-0.2, 0) is 9.47 Å². The smallest absolute Gasteiger partial charge is 0.134 e. The van der Waals surface area contributed by atoms with Gasteiger partial charge in [0.05, 0.1) is 13.2 Å². The number of hydrogen-bond acceptors (Lipinski definition) is 8. The molecule has 2 atom stereocenters. The number of piperazine rings is 2. The molecule has 0 radical (unpaired) electrons. The summed E-state index contributed by atoms with van der Waals surface area (Å²) in [6.45, 7) is 20.0. The zero-order valence-corrected chi connectivity index (χ0v) is 19.3. The third-order valence-electron chi connectivity index (χ3n) is 6.27. The summed E-state index contributed by atoms with van der Waals surface area (Å²) in [6, 6.07) is 3.16. The molecule has 2 aliphatic rings. The number of aromatic nitrogens is 2. The van der Waals surface area contributed by atoms with Crippen LogP contribution >= 0.6 is 0 Å². The number of hydrogen-bond donors (Lipinski definition) is 0. The van der Waals surface area contributed by atoms with Crippen molar-refractivity contribution in [3.8, 4) is 0 Å².